The van der Waals surface area contributed by atoms with Gasteiger partial charge in [0.05, 0.1) is 22.1 Å². The number of aromatic nitrogens is 2. The first-order chi connectivity index (χ1) is 23.3. The molecule has 224 valence electrons. The Bertz CT molecular complexity index is 2710. The molecule has 0 radical (unpaired) electrons. The van der Waals surface area contributed by atoms with Crippen LogP contribution in [0, 0.1) is 5.92 Å². The molecule has 0 aliphatic heterocycles. The molecule has 0 atom stereocenters. The molecule has 2 aliphatic carbocycles. The van der Waals surface area contributed by atoms with E-state index in [1.165, 1.54) is 109 Å². The maximum absolute atomic E-state index is 2.53. The first-order valence-corrected chi connectivity index (χ1v) is 17.2. The Morgan fingerprint density at radius 1 is 0.468 bits per heavy atom. The summed E-state index contributed by atoms with van der Waals surface area (Å²) in [7, 11) is 0. The predicted octanol–water partition coefficient (Wildman–Crippen LogP) is 12.0. The molecule has 0 N–H and O–H groups in total. The van der Waals surface area contributed by atoms with Crippen LogP contribution in [-0.4, -0.2) is 9.13 Å². The molecule has 2 nitrogen and oxygen atoms in total. The van der Waals surface area contributed by atoms with E-state index in [2.05, 4.69) is 149 Å². The lowest BCUT2D eigenvalue weighted by Gasteiger charge is -2.27. The molecule has 2 heteroatoms. The summed E-state index contributed by atoms with van der Waals surface area (Å²) in [6.07, 6.45) is 6.92. The Morgan fingerprint density at radius 2 is 1.13 bits per heavy atom. The molecule has 2 fully saturated rings. The summed E-state index contributed by atoms with van der Waals surface area (Å²) < 4.78 is 5.03. The van der Waals surface area contributed by atoms with E-state index in [4.69, 9.17) is 0 Å². The van der Waals surface area contributed by atoms with E-state index in [0.717, 1.165) is 5.92 Å². The maximum Gasteiger partial charge on any atom is 0.0641 e. The summed E-state index contributed by atoms with van der Waals surface area (Å²) in [6.45, 7) is 0. The minimum absolute atomic E-state index is 0.416. The van der Waals surface area contributed by atoms with E-state index in [-0.39, 0.29) is 0 Å². The standard InChI is InChI=1S/C45H34N2/c1-2-9-32-27-35(17-13-30(32)7-1)47-40-21-14-31-8-3-4-10-36(31)42(40)38-20-22-41-43(44(38)47)37-11-5-6-12-39(37)46(41)34-18-15-33(16-19-34)45-25-23-29(28-45)24-26-45/h1-22,27,29H,23-26,28H2. The van der Waals surface area contributed by atoms with Gasteiger partial charge < -0.3 is 9.13 Å². The average molecular weight is 603 g/mol. The van der Waals surface area contributed by atoms with E-state index >= 15 is 0 Å². The summed E-state index contributed by atoms with van der Waals surface area (Å²) in [4.78, 5) is 0. The van der Waals surface area contributed by atoms with Gasteiger partial charge in [-0.3, -0.25) is 0 Å². The van der Waals surface area contributed by atoms with Crippen molar-refractivity contribution < 1.29 is 0 Å². The number of nitrogens with zero attached hydrogens (tertiary/aromatic N) is 2. The Balaban J connectivity index is 1.25. The van der Waals surface area contributed by atoms with E-state index < -0.39 is 0 Å². The van der Waals surface area contributed by atoms with Crippen molar-refractivity contribution >= 4 is 65.2 Å². The van der Waals surface area contributed by atoms with Crippen LogP contribution >= 0.6 is 0 Å². The van der Waals surface area contributed by atoms with E-state index in [1.54, 1.807) is 5.56 Å². The zero-order valence-electron chi connectivity index (χ0n) is 26.3. The fourth-order valence-corrected chi connectivity index (χ4v) is 9.75. The number of fused-ring (bicyclic) bond motifs is 12. The first-order valence-electron chi connectivity index (χ1n) is 17.2. The van der Waals surface area contributed by atoms with Crippen LogP contribution in [0.4, 0.5) is 0 Å². The lowest BCUT2D eigenvalue weighted by Crippen LogP contribution is -2.19. The summed E-state index contributed by atoms with van der Waals surface area (Å²) in [5, 5.41) is 10.3. The normalized spacial score (nSPS) is 19.4. The van der Waals surface area contributed by atoms with Crippen molar-refractivity contribution in [2.24, 2.45) is 5.92 Å². The van der Waals surface area contributed by atoms with Crippen LogP contribution in [-0.2, 0) is 5.41 Å². The van der Waals surface area contributed by atoms with E-state index in [0.29, 0.717) is 5.41 Å². The lowest BCUT2D eigenvalue weighted by atomic mass is 9.78. The van der Waals surface area contributed by atoms with E-state index in [9.17, 15) is 0 Å². The molecule has 0 unspecified atom stereocenters. The topological polar surface area (TPSA) is 9.86 Å². The highest BCUT2D eigenvalue weighted by Crippen LogP contribution is 2.55. The van der Waals surface area contributed by atoms with Crippen LogP contribution in [0.1, 0.15) is 37.7 Å². The van der Waals surface area contributed by atoms with Crippen molar-refractivity contribution in [1.82, 2.24) is 9.13 Å². The predicted molar refractivity (Wildman–Crippen MR) is 198 cm³/mol. The number of hydrogen-bond donors (Lipinski definition) is 0. The van der Waals surface area contributed by atoms with Crippen LogP contribution in [0.2, 0.25) is 0 Å². The third kappa shape index (κ3) is 3.51. The Morgan fingerprint density at radius 3 is 1.94 bits per heavy atom. The monoisotopic (exact) mass is 602 g/mol. The molecule has 0 spiro atoms. The van der Waals surface area contributed by atoms with E-state index in [1.807, 2.05) is 0 Å². The summed E-state index contributed by atoms with van der Waals surface area (Å²) in [5.74, 6) is 0.945. The minimum atomic E-state index is 0.416. The van der Waals surface area contributed by atoms with Gasteiger partial charge >= 0.3 is 0 Å². The number of hydrogen-bond acceptors (Lipinski definition) is 0. The third-order valence-electron chi connectivity index (χ3n) is 11.9. The Labute approximate surface area is 273 Å². The van der Waals surface area contributed by atoms with Crippen LogP contribution in [0.3, 0.4) is 0 Å². The quantitative estimate of drug-likeness (QED) is 0.190. The summed E-state index contributed by atoms with van der Waals surface area (Å²) in [5.41, 5.74) is 9.42. The second kappa shape index (κ2) is 9.36. The van der Waals surface area contributed by atoms with Crippen LogP contribution in [0.25, 0.3) is 76.5 Å². The smallest absolute Gasteiger partial charge is 0.0641 e. The van der Waals surface area contributed by atoms with Crippen LogP contribution in [0.5, 0.6) is 0 Å². The van der Waals surface area contributed by atoms with Gasteiger partial charge in [-0.15, -0.1) is 0 Å². The van der Waals surface area contributed by atoms with Gasteiger partial charge in [0.2, 0.25) is 0 Å². The lowest BCUT2D eigenvalue weighted by molar-refractivity contribution is 0.419. The maximum atomic E-state index is 2.53. The van der Waals surface area contributed by atoms with Gasteiger partial charge in [-0.2, -0.15) is 0 Å². The third-order valence-corrected chi connectivity index (χ3v) is 11.9. The Hall–Kier alpha value is -5.34. The molecule has 2 aromatic heterocycles. The molecule has 9 aromatic rings. The van der Waals surface area contributed by atoms with Gasteiger partial charge in [-0.05, 0) is 113 Å². The van der Waals surface area contributed by atoms with Gasteiger partial charge in [-0.25, -0.2) is 0 Å². The molecule has 2 bridgehead atoms. The van der Waals surface area contributed by atoms with Crippen molar-refractivity contribution in [2.75, 3.05) is 0 Å². The molecule has 0 saturated heterocycles. The van der Waals surface area contributed by atoms with Gasteiger partial charge in [0.25, 0.3) is 0 Å². The second-order valence-corrected chi connectivity index (χ2v) is 14.2. The number of benzene rings is 7. The van der Waals surface area contributed by atoms with Gasteiger partial charge in [0.1, 0.15) is 0 Å². The van der Waals surface area contributed by atoms with Gasteiger partial charge in [-0.1, -0.05) is 97.1 Å². The molecule has 2 saturated carbocycles. The minimum Gasteiger partial charge on any atom is -0.309 e. The first kappa shape index (κ1) is 25.8. The number of para-hydroxylation sites is 1. The molecule has 2 aliphatic rings. The van der Waals surface area contributed by atoms with Crippen molar-refractivity contribution in [3.8, 4) is 11.4 Å². The highest BCUT2D eigenvalue weighted by Gasteiger charge is 2.45. The molecule has 11 rings (SSSR count). The van der Waals surface area contributed by atoms with Crippen molar-refractivity contribution in [3.05, 3.63) is 145 Å². The largest absolute Gasteiger partial charge is 0.309 e. The van der Waals surface area contributed by atoms with Crippen LogP contribution in [0.15, 0.2) is 140 Å². The summed E-state index contributed by atoms with van der Waals surface area (Å²) in [6, 6.07) is 52.5. The van der Waals surface area contributed by atoms with Gasteiger partial charge in [0, 0.05) is 32.9 Å². The highest BCUT2D eigenvalue weighted by molar-refractivity contribution is 6.30. The molecule has 47 heavy (non-hydrogen) atoms. The SMILES string of the molecule is c1ccc2cc(-n3c4ccc5ccccc5c4c4ccc5c(c6ccccc6n5-c5ccc(C67CCC(CC6)C7)cc5)c43)ccc2c1. The molecule has 2 heterocycles. The molecular weight excluding hydrogens is 569 g/mol. The fourth-order valence-electron chi connectivity index (χ4n) is 9.75. The highest BCUT2D eigenvalue weighted by atomic mass is 15.0. The van der Waals surface area contributed by atoms with Crippen molar-refractivity contribution in [1.29, 1.82) is 0 Å². The fraction of sp³-hybridized carbons (Fsp3) is 0.156. The molecular formula is C45H34N2. The number of rotatable bonds is 3. The van der Waals surface area contributed by atoms with Crippen LogP contribution < -0.4 is 0 Å². The van der Waals surface area contributed by atoms with Crippen molar-refractivity contribution in [3.63, 3.8) is 0 Å². The zero-order valence-corrected chi connectivity index (χ0v) is 26.3. The Kier molecular flexibility index (Phi) is 5.14. The average Bonchev–Trinajstić information content (AvgIpc) is 3.91. The van der Waals surface area contributed by atoms with Gasteiger partial charge in [0.15, 0.2) is 0 Å². The molecule has 0 amide bonds. The zero-order chi connectivity index (χ0) is 30.7. The van der Waals surface area contributed by atoms with Crippen molar-refractivity contribution in [2.45, 2.75) is 37.5 Å². The summed E-state index contributed by atoms with van der Waals surface area (Å²) >= 11 is 0. The molecule has 7 aromatic carbocycles. The second-order valence-electron chi connectivity index (χ2n) is 14.2.